The molecule has 0 spiro atoms. The molecule has 4 rings (SSSR count). The maximum absolute atomic E-state index is 13.5. The first-order valence-electron chi connectivity index (χ1n) is 13.9. The summed E-state index contributed by atoms with van der Waals surface area (Å²) < 4.78 is 0. The third kappa shape index (κ3) is 6.35. The van der Waals surface area contributed by atoms with Gasteiger partial charge in [-0.2, -0.15) is 0 Å². The highest BCUT2D eigenvalue weighted by molar-refractivity contribution is 6.29. The number of anilines is 1. The molecule has 7 heteroatoms. The van der Waals surface area contributed by atoms with Gasteiger partial charge in [0, 0.05) is 49.4 Å². The molecule has 2 aliphatic rings. The van der Waals surface area contributed by atoms with Crippen molar-refractivity contribution in [2.24, 2.45) is 0 Å². The lowest BCUT2D eigenvalue weighted by Gasteiger charge is -2.41. The normalized spacial score (nSPS) is 20.0. The van der Waals surface area contributed by atoms with Gasteiger partial charge in [-0.25, -0.2) is 9.78 Å². The van der Waals surface area contributed by atoms with Crippen molar-refractivity contribution in [3.63, 3.8) is 0 Å². The zero-order chi connectivity index (χ0) is 26.5. The number of aryl methyl sites for hydroxylation is 2. The highest BCUT2D eigenvalue weighted by Gasteiger charge is 2.42. The molecule has 37 heavy (non-hydrogen) atoms. The van der Waals surface area contributed by atoms with Crippen molar-refractivity contribution < 1.29 is 9.59 Å². The van der Waals surface area contributed by atoms with Crippen LogP contribution in [0.3, 0.4) is 0 Å². The highest BCUT2D eigenvalue weighted by atomic mass is 35.5. The van der Waals surface area contributed by atoms with Gasteiger partial charge in [-0.15, -0.1) is 0 Å². The van der Waals surface area contributed by atoms with Crippen LogP contribution in [0.5, 0.6) is 0 Å². The van der Waals surface area contributed by atoms with Crippen LogP contribution in [0.4, 0.5) is 10.5 Å². The lowest BCUT2D eigenvalue weighted by molar-refractivity contribution is 0.0891. The van der Waals surface area contributed by atoms with Crippen LogP contribution >= 0.6 is 11.6 Å². The average molecular weight is 525 g/mol. The van der Waals surface area contributed by atoms with Crippen molar-refractivity contribution in [3.8, 4) is 0 Å². The number of urea groups is 1. The zero-order valence-corrected chi connectivity index (χ0v) is 23.5. The van der Waals surface area contributed by atoms with E-state index < -0.39 is 0 Å². The summed E-state index contributed by atoms with van der Waals surface area (Å²) >= 11 is 6.03. The van der Waals surface area contributed by atoms with Crippen LogP contribution in [-0.4, -0.2) is 64.4 Å². The number of piperidine rings is 1. The molecule has 2 fully saturated rings. The Morgan fingerprint density at radius 3 is 2.51 bits per heavy atom. The molecule has 0 aliphatic carbocycles. The molecule has 2 aromatic rings. The Kier molecular flexibility index (Phi) is 9.25. The summed E-state index contributed by atoms with van der Waals surface area (Å²) in [5, 5.41) is 0.438. The number of nitrogens with zero attached hydrogens (tertiary/aromatic N) is 4. The van der Waals surface area contributed by atoms with Gasteiger partial charge >= 0.3 is 6.03 Å². The van der Waals surface area contributed by atoms with Gasteiger partial charge in [-0.3, -0.25) is 9.69 Å². The molecule has 6 nitrogen and oxygen atoms in total. The van der Waals surface area contributed by atoms with Gasteiger partial charge in [0.05, 0.1) is 11.7 Å². The van der Waals surface area contributed by atoms with Crippen molar-refractivity contribution in [1.29, 1.82) is 0 Å². The Balaban J connectivity index is 1.29. The van der Waals surface area contributed by atoms with Crippen LogP contribution in [0.25, 0.3) is 0 Å². The number of amides is 2. The van der Waals surface area contributed by atoms with E-state index in [2.05, 4.69) is 28.6 Å². The molecule has 1 aromatic carbocycles. The Morgan fingerprint density at radius 1 is 1.16 bits per heavy atom. The average Bonchev–Trinajstić information content (AvgIpc) is 3.19. The van der Waals surface area contributed by atoms with Crippen LogP contribution < -0.4 is 4.90 Å². The number of ketones is 1. The Bertz CT molecular complexity index is 1060. The number of carbonyl (C=O) groups excluding carboxylic acids is 2. The van der Waals surface area contributed by atoms with Crippen molar-refractivity contribution in [1.82, 2.24) is 14.8 Å². The van der Waals surface area contributed by atoms with E-state index in [0.29, 0.717) is 29.4 Å². The fourth-order valence-electron chi connectivity index (χ4n) is 6.19. The van der Waals surface area contributed by atoms with Gasteiger partial charge in [0.25, 0.3) is 0 Å². The molecule has 3 heterocycles. The number of halogens is 1. The van der Waals surface area contributed by atoms with Crippen molar-refractivity contribution >= 4 is 29.1 Å². The standard InChI is InChI=1S/C30H41ClN4O2/c1-5-10-26-20-34(24-12-7-6-8-13-24)30(37)35(26)25-15-17-33(18-16-25)22(3)11-9-14-27(36)29-21(2)19-28(31)32-23(29)4/h6-8,12-13,19,22,25-26H,5,9-11,14-18,20H2,1-4H3/t22?,26-/m1/s1. The molecular formula is C30H41ClN4O2. The molecule has 2 saturated heterocycles. The number of pyridine rings is 1. The van der Waals surface area contributed by atoms with Gasteiger partial charge in [0.15, 0.2) is 5.78 Å². The van der Waals surface area contributed by atoms with E-state index in [9.17, 15) is 9.59 Å². The maximum atomic E-state index is 13.5. The zero-order valence-electron chi connectivity index (χ0n) is 22.8. The van der Waals surface area contributed by atoms with Gasteiger partial charge in [0.1, 0.15) is 5.15 Å². The SMILES string of the molecule is CCC[C@@H]1CN(c2ccccc2)C(=O)N1C1CCN(C(C)CCCC(=O)c2c(C)cc(Cl)nc2C)CC1. The fraction of sp³-hybridized carbons (Fsp3) is 0.567. The van der Waals surface area contributed by atoms with E-state index in [-0.39, 0.29) is 17.9 Å². The molecule has 0 bridgehead atoms. The summed E-state index contributed by atoms with van der Waals surface area (Å²) in [6, 6.07) is 13.0. The van der Waals surface area contributed by atoms with Crippen LogP contribution in [0.1, 0.15) is 80.4 Å². The molecule has 2 amide bonds. The van der Waals surface area contributed by atoms with Crippen LogP contribution in [-0.2, 0) is 0 Å². The summed E-state index contributed by atoms with van der Waals surface area (Å²) in [5.41, 5.74) is 3.34. The predicted octanol–water partition coefficient (Wildman–Crippen LogP) is 6.67. The molecule has 200 valence electrons. The molecule has 1 aromatic heterocycles. The van der Waals surface area contributed by atoms with E-state index in [1.54, 1.807) is 6.07 Å². The number of hydrogen-bond acceptors (Lipinski definition) is 4. The van der Waals surface area contributed by atoms with Crippen LogP contribution in [0.15, 0.2) is 36.4 Å². The van der Waals surface area contributed by atoms with Gasteiger partial charge < -0.3 is 9.80 Å². The second kappa shape index (κ2) is 12.4. The van der Waals surface area contributed by atoms with Crippen molar-refractivity contribution in [3.05, 3.63) is 58.4 Å². The van der Waals surface area contributed by atoms with E-state index in [4.69, 9.17) is 11.6 Å². The first-order chi connectivity index (χ1) is 17.8. The lowest BCUT2D eigenvalue weighted by atomic mass is 9.96. The van der Waals surface area contributed by atoms with Crippen molar-refractivity contribution in [2.45, 2.75) is 90.8 Å². The summed E-state index contributed by atoms with van der Waals surface area (Å²) in [6.07, 6.45) is 6.51. The molecule has 1 unspecified atom stereocenters. The maximum Gasteiger partial charge on any atom is 0.325 e. The lowest BCUT2D eigenvalue weighted by Crippen LogP contribution is -2.50. The molecule has 0 N–H and O–H groups in total. The number of para-hydroxylation sites is 1. The predicted molar refractivity (Wildman–Crippen MR) is 151 cm³/mol. The number of benzene rings is 1. The summed E-state index contributed by atoms with van der Waals surface area (Å²) in [5.74, 6) is 0.155. The smallest absolute Gasteiger partial charge is 0.316 e. The third-order valence-electron chi connectivity index (χ3n) is 8.11. The third-order valence-corrected chi connectivity index (χ3v) is 8.31. The summed E-state index contributed by atoms with van der Waals surface area (Å²) in [7, 11) is 0. The van der Waals surface area contributed by atoms with E-state index in [1.807, 2.05) is 49.1 Å². The number of aromatic nitrogens is 1. The van der Waals surface area contributed by atoms with Gasteiger partial charge in [-0.05, 0) is 76.6 Å². The van der Waals surface area contributed by atoms with Gasteiger partial charge in [-0.1, -0.05) is 43.1 Å². The van der Waals surface area contributed by atoms with E-state index in [1.165, 1.54) is 0 Å². The largest absolute Gasteiger partial charge is 0.325 e. The Hall–Kier alpha value is -2.44. The number of likely N-dealkylation sites (tertiary alicyclic amines) is 1. The summed E-state index contributed by atoms with van der Waals surface area (Å²) in [6.45, 7) is 11.0. The topological polar surface area (TPSA) is 56.8 Å². The number of carbonyl (C=O) groups is 2. The van der Waals surface area contributed by atoms with Crippen LogP contribution in [0, 0.1) is 13.8 Å². The number of Topliss-reactive ketones (excluding diaryl/α,β-unsaturated/α-hetero) is 1. The quantitative estimate of drug-likeness (QED) is 0.257. The van der Waals surface area contributed by atoms with E-state index in [0.717, 1.165) is 75.0 Å². The molecular weight excluding hydrogens is 484 g/mol. The number of hydrogen-bond donors (Lipinski definition) is 0. The van der Waals surface area contributed by atoms with Crippen LogP contribution in [0.2, 0.25) is 5.15 Å². The second-order valence-corrected chi connectivity index (χ2v) is 11.1. The monoisotopic (exact) mass is 524 g/mol. The Morgan fingerprint density at radius 2 is 1.86 bits per heavy atom. The molecule has 2 aliphatic heterocycles. The number of rotatable bonds is 10. The molecule has 0 radical (unpaired) electrons. The minimum absolute atomic E-state index is 0.155. The fourth-order valence-corrected chi connectivity index (χ4v) is 6.48. The first kappa shape index (κ1) is 27.6. The van der Waals surface area contributed by atoms with E-state index >= 15 is 0 Å². The Labute approximate surface area is 227 Å². The molecule has 2 atom stereocenters. The minimum Gasteiger partial charge on any atom is -0.316 e. The second-order valence-electron chi connectivity index (χ2n) is 10.7. The highest BCUT2D eigenvalue weighted by Crippen LogP contribution is 2.31. The summed E-state index contributed by atoms with van der Waals surface area (Å²) in [4.78, 5) is 37.3. The van der Waals surface area contributed by atoms with Gasteiger partial charge in [0.2, 0.25) is 0 Å². The molecule has 0 saturated carbocycles. The van der Waals surface area contributed by atoms with Crippen molar-refractivity contribution in [2.75, 3.05) is 24.5 Å². The minimum atomic E-state index is 0.155. The first-order valence-corrected chi connectivity index (χ1v) is 14.2.